The van der Waals surface area contributed by atoms with Crippen LogP contribution >= 0.6 is 0 Å². The second-order valence-electron chi connectivity index (χ2n) is 15.8. The highest BCUT2D eigenvalue weighted by molar-refractivity contribution is 5.81. The third-order valence-electron chi connectivity index (χ3n) is 11.8. The summed E-state index contributed by atoms with van der Waals surface area (Å²) >= 11 is 0. The van der Waals surface area contributed by atoms with E-state index >= 15 is 0 Å². The molecule has 0 amide bonds. The molecule has 0 aliphatic rings. The first kappa shape index (κ1) is 38.7. The highest BCUT2D eigenvalue weighted by Gasteiger charge is 2.23. The van der Waals surface area contributed by atoms with E-state index in [1.165, 1.54) is 22.3 Å². The Morgan fingerprint density at radius 1 is 0.279 bits per heavy atom. The standard InChI is InChI=1S/C57H48N4/c58-53-28-24-43(34-49(53)39-15-5-1-6-16-39)48(44-25-29-54(59)50(35-44)40-17-7-2-8-18-40)33-38-14-13-23-45(32-38)57(46-26-30-55(60)51(36-46)41-19-9-3-10-20-41)47-27-31-56(61)52(37-47)42-21-11-4-12-22-42/h1-32,34-37,48,57H,33,58-61H2. The van der Waals surface area contributed by atoms with Gasteiger partial charge in [0, 0.05) is 56.8 Å². The van der Waals surface area contributed by atoms with Crippen LogP contribution in [0, 0.1) is 0 Å². The molecular formula is C57H48N4. The summed E-state index contributed by atoms with van der Waals surface area (Å²) < 4.78 is 0. The van der Waals surface area contributed by atoms with Gasteiger partial charge in [-0.25, -0.2) is 0 Å². The van der Waals surface area contributed by atoms with Crippen LogP contribution in [0.1, 0.15) is 45.2 Å². The van der Waals surface area contributed by atoms with Gasteiger partial charge >= 0.3 is 0 Å². The van der Waals surface area contributed by atoms with Gasteiger partial charge in [-0.05, 0) is 111 Å². The molecule has 0 bridgehead atoms. The molecule has 9 rings (SSSR count). The van der Waals surface area contributed by atoms with Crippen molar-refractivity contribution in [2.45, 2.75) is 18.3 Å². The molecule has 4 nitrogen and oxygen atoms in total. The van der Waals surface area contributed by atoms with Crippen molar-refractivity contribution in [1.29, 1.82) is 0 Å². The molecule has 0 aliphatic carbocycles. The number of nitrogens with two attached hydrogens (primary N) is 4. The first-order valence-corrected chi connectivity index (χ1v) is 20.8. The minimum Gasteiger partial charge on any atom is -0.398 e. The second-order valence-corrected chi connectivity index (χ2v) is 15.8. The average Bonchev–Trinajstić information content (AvgIpc) is 3.31. The summed E-state index contributed by atoms with van der Waals surface area (Å²) in [6.45, 7) is 0. The number of hydrogen-bond acceptors (Lipinski definition) is 4. The fourth-order valence-electron chi connectivity index (χ4n) is 8.70. The Labute approximate surface area is 358 Å². The molecule has 0 aliphatic heterocycles. The van der Waals surface area contributed by atoms with Gasteiger partial charge in [0.1, 0.15) is 0 Å². The highest BCUT2D eigenvalue weighted by atomic mass is 14.6. The second kappa shape index (κ2) is 17.2. The summed E-state index contributed by atoms with van der Waals surface area (Å²) in [5.74, 6) is -0.130. The van der Waals surface area contributed by atoms with E-state index < -0.39 is 0 Å². The maximum Gasteiger partial charge on any atom is 0.0393 e. The minimum atomic E-state index is -0.119. The first-order chi connectivity index (χ1) is 29.9. The maximum atomic E-state index is 6.69. The molecule has 296 valence electrons. The lowest BCUT2D eigenvalue weighted by atomic mass is 9.80. The average molecular weight is 789 g/mol. The summed E-state index contributed by atoms with van der Waals surface area (Å²) in [7, 11) is 0. The monoisotopic (exact) mass is 788 g/mol. The molecular weight excluding hydrogens is 741 g/mol. The maximum absolute atomic E-state index is 6.69. The smallest absolute Gasteiger partial charge is 0.0393 e. The molecule has 8 N–H and O–H groups in total. The summed E-state index contributed by atoms with van der Waals surface area (Å²) in [4.78, 5) is 0. The first-order valence-electron chi connectivity index (χ1n) is 20.8. The van der Waals surface area contributed by atoms with Crippen LogP contribution in [0.25, 0.3) is 44.5 Å². The quantitative estimate of drug-likeness (QED) is 0.0774. The zero-order valence-electron chi connectivity index (χ0n) is 34.0. The van der Waals surface area contributed by atoms with Gasteiger partial charge < -0.3 is 22.9 Å². The molecule has 0 spiro atoms. The zero-order valence-corrected chi connectivity index (χ0v) is 34.0. The SMILES string of the molecule is Nc1ccc(C(Cc2cccc(C(c3ccc(N)c(-c4ccccc4)c3)c3ccc(N)c(-c4ccccc4)c3)c2)c2ccc(N)c(-c3ccccc3)c2)cc1-c1ccccc1. The Kier molecular flexibility index (Phi) is 10.9. The van der Waals surface area contributed by atoms with E-state index in [1.54, 1.807) is 0 Å². The Bertz CT molecular complexity index is 2750. The lowest BCUT2D eigenvalue weighted by Crippen LogP contribution is -2.09. The number of benzene rings is 9. The summed E-state index contributed by atoms with van der Waals surface area (Å²) in [6, 6.07) is 76.4. The Hall–Kier alpha value is -7.82. The van der Waals surface area contributed by atoms with Crippen LogP contribution in [0.5, 0.6) is 0 Å². The van der Waals surface area contributed by atoms with Crippen molar-refractivity contribution in [3.63, 3.8) is 0 Å². The lowest BCUT2D eigenvalue weighted by Gasteiger charge is -2.24. The molecule has 9 aromatic rings. The van der Waals surface area contributed by atoms with Crippen LogP contribution in [0.3, 0.4) is 0 Å². The van der Waals surface area contributed by atoms with Crippen LogP contribution in [0.15, 0.2) is 218 Å². The predicted molar refractivity (Wildman–Crippen MR) is 258 cm³/mol. The lowest BCUT2D eigenvalue weighted by molar-refractivity contribution is 0.803. The van der Waals surface area contributed by atoms with E-state index in [9.17, 15) is 0 Å². The highest BCUT2D eigenvalue weighted by Crippen LogP contribution is 2.41. The largest absolute Gasteiger partial charge is 0.398 e. The van der Waals surface area contributed by atoms with Crippen LogP contribution in [0.4, 0.5) is 22.7 Å². The fourth-order valence-corrected chi connectivity index (χ4v) is 8.70. The topological polar surface area (TPSA) is 104 Å². The van der Waals surface area contributed by atoms with E-state index in [1.807, 2.05) is 48.5 Å². The third-order valence-corrected chi connectivity index (χ3v) is 11.8. The van der Waals surface area contributed by atoms with E-state index in [-0.39, 0.29) is 11.8 Å². The molecule has 0 heterocycles. The van der Waals surface area contributed by atoms with Gasteiger partial charge in [-0.1, -0.05) is 170 Å². The van der Waals surface area contributed by atoms with Crippen LogP contribution < -0.4 is 22.9 Å². The predicted octanol–water partition coefficient (Wildman–Crippen LogP) is 13.2. The van der Waals surface area contributed by atoms with Crippen molar-refractivity contribution in [2.24, 2.45) is 0 Å². The molecule has 0 radical (unpaired) electrons. The van der Waals surface area contributed by atoms with Crippen molar-refractivity contribution < 1.29 is 0 Å². The van der Waals surface area contributed by atoms with Crippen molar-refractivity contribution >= 4 is 22.7 Å². The summed E-state index contributed by atoms with van der Waals surface area (Å²) in [5.41, 5.74) is 45.1. The van der Waals surface area contributed by atoms with Crippen molar-refractivity contribution in [3.05, 3.63) is 252 Å². The van der Waals surface area contributed by atoms with Gasteiger partial charge in [-0.3, -0.25) is 0 Å². The Morgan fingerprint density at radius 2 is 0.590 bits per heavy atom. The fraction of sp³-hybridized carbons (Fsp3) is 0.0526. The van der Waals surface area contributed by atoms with Crippen LogP contribution in [-0.4, -0.2) is 0 Å². The van der Waals surface area contributed by atoms with Crippen molar-refractivity contribution in [2.75, 3.05) is 22.9 Å². The minimum absolute atomic E-state index is 0.0118. The van der Waals surface area contributed by atoms with E-state index in [4.69, 9.17) is 22.9 Å². The molecule has 0 unspecified atom stereocenters. The Balaban J connectivity index is 1.19. The number of anilines is 4. The number of hydrogen-bond donors (Lipinski definition) is 4. The number of rotatable bonds is 11. The normalized spacial score (nSPS) is 11.2. The van der Waals surface area contributed by atoms with Gasteiger partial charge in [-0.2, -0.15) is 0 Å². The van der Waals surface area contributed by atoms with Gasteiger partial charge in [-0.15, -0.1) is 0 Å². The van der Waals surface area contributed by atoms with E-state index in [0.717, 1.165) is 84.8 Å². The van der Waals surface area contributed by atoms with Gasteiger partial charge in [0.25, 0.3) is 0 Å². The molecule has 0 saturated heterocycles. The molecule has 0 saturated carbocycles. The van der Waals surface area contributed by atoms with Crippen molar-refractivity contribution in [3.8, 4) is 44.5 Å². The summed E-state index contributed by atoms with van der Waals surface area (Å²) in [5, 5.41) is 0. The molecule has 61 heavy (non-hydrogen) atoms. The molecule has 0 fully saturated rings. The molecule has 0 atom stereocenters. The van der Waals surface area contributed by atoms with Crippen LogP contribution in [0.2, 0.25) is 0 Å². The summed E-state index contributed by atoms with van der Waals surface area (Å²) in [6.07, 6.45) is 0.741. The third kappa shape index (κ3) is 8.25. The van der Waals surface area contributed by atoms with Crippen molar-refractivity contribution in [1.82, 2.24) is 0 Å². The zero-order chi connectivity index (χ0) is 41.7. The number of nitrogen functional groups attached to an aromatic ring is 4. The van der Waals surface area contributed by atoms with E-state index in [0.29, 0.717) is 0 Å². The van der Waals surface area contributed by atoms with Gasteiger partial charge in [0.2, 0.25) is 0 Å². The Morgan fingerprint density at radius 3 is 0.951 bits per heavy atom. The molecule has 4 heteroatoms. The molecule has 0 aromatic heterocycles. The van der Waals surface area contributed by atoms with Gasteiger partial charge in [0.05, 0.1) is 0 Å². The molecule has 9 aromatic carbocycles. The van der Waals surface area contributed by atoms with Crippen LogP contribution in [-0.2, 0) is 6.42 Å². The van der Waals surface area contributed by atoms with E-state index in [2.05, 4.69) is 170 Å². The van der Waals surface area contributed by atoms with Gasteiger partial charge in [0.15, 0.2) is 0 Å².